The van der Waals surface area contributed by atoms with Crippen LogP contribution >= 0.6 is 0 Å². The minimum absolute atomic E-state index is 0.575. The van der Waals surface area contributed by atoms with Crippen molar-refractivity contribution in [1.29, 1.82) is 0 Å². The number of ether oxygens (including phenoxy) is 1. The number of nitrogens with zero attached hydrogens (tertiary/aromatic N) is 1. The Hall–Kier alpha value is -1.42. The molecular weight excluding hydrogens is 238 g/mol. The summed E-state index contributed by atoms with van der Waals surface area (Å²) in [5.74, 6) is -1.17. The number of quaternary nitrogens is 1. The summed E-state index contributed by atoms with van der Waals surface area (Å²) in [4.78, 5) is 0. The van der Waals surface area contributed by atoms with E-state index >= 15 is 0 Å². The number of fused-ring (bicyclic) bond motifs is 1. The van der Waals surface area contributed by atoms with E-state index in [1.54, 1.807) is 0 Å². The van der Waals surface area contributed by atoms with Gasteiger partial charge in [0.25, 0.3) is 0 Å². The van der Waals surface area contributed by atoms with Gasteiger partial charge in [0.2, 0.25) is 5.79 Å². The van der Waals surface area contributed by atoms with Crippen LogP contribution in [-0.2, 0) is 10.5 Å². The van der Waals surface area contributed by atoms with Crippen LogP contribution in [0, 0.1) is 0 Å². The van der Waals surface area contributed by atoms with Gasteiger partial charge in [-0.25, -0.2) is 0 Å². The van der Waals surface area contributed by atoms with E-state index in [-0.39, 0.29) is 0 Å². The van der Waals surface area contributed by atoms with E-state index in [9.17, 15) is 5.11 Å². The normalized spacial score (nSPS) is 26.5. The van der Waals surface area contributed by atoms with E-state index in [0.29, 0.717) is 13.2 Å². The second-order valence-electron chi connectivity index (χ2n) is 6.01. The van der Waals surface area contributed by atoms with Gasteiger partial charge in [-0.05, 0) is 16.8 Å². The smallest absolute Gasteiger partial charge is 0.243 e. The lowest BCUT2D eigenvalue weighted by Crippen LogP contribution is -2.57. The van der Waals surface area contributed by atoms with Crippen LogP contribution in [0.3, 0.4) is 0 Å². The summed E-state index contributed by atoms with van der Waals surface area (Å²) >= 11 is 0. The van der Waals surface area contributed by atoms with Gasteiger partial charge in [-0.3, -0.25) is 0 Å². The first-order valence-electron chi connectivity index (χ1n) is 6.66. The minimum atomic E-state index is -1.17. The summed E-state index contributed by atoms with van der Waals surface area (Å²) in [6, 6.07) is 14.2. The Balaban J connectivity index is 2.03. The summed E-state index contributed by atoms with van der Waals surface area (Å²) in [6.07, 6.45) is 0. The van der Waals surface area contributed by atoms with Crippen molar-refractivity contribution in [2.24, 2.45) is 0 Å². The molecule has 0 saturated carbocycles. The lowest BCUT2D eigenvalue weighted by atomic mass is 9.99. The first kappa shape index (κ1) is 12.6. The molecule has 2 aromatic rings. The standard InChI is InChI=1S/C16H20NO2/c1-17(2)9-10-19-16(18,12-17)15-8-7-13-5-3-4-6-14(13)11-15/h3-8,11,18H,9-10,12H2,1-2H3/q+1/t16-/m0/s1. The molecule has 19 heavy (non-hydrogen) atoms. The number of hydrogen-bond acceptors (Lipinski definition) is 2. The molecule has 1 aliphatic heterocycles. The van der Waals surface area contributed by atoms with Gasteiger partial charge in [-0.2, -0.15) is 0 Å². The van der Waals surface area contributed by atoms with Crippen LogP contribution in [0.1, 0.15) is 5.56 Å². The fourth-order valence-corrected chi connectivity index (χ4v) is 2.77. The summed E-state index contributed by atoms with van der Waals surface area (Å²) in [5.41, 5.74) is 0.845. The second-order valence-corrected chi connectivity index (χ2v) is 6.01. The van der Waals surface area contributed by atoms with Crippen LogP contribution in [0.25, 0.3) is 10.8 Å². The highest BCUT2D eigenvalue weighted by Crippen LogP contribution is 2.31. The minimum Gasteiger partial charge on any atom is -0.357 e. The molecule has 3 heteroatoms. The molecule has 0 amide bonds. The van der Waals surface area contributed by atoms with Crippen LogP contribution in [0.5, 0.6) is 0 Å². The van der Waals surface area contributed by atoms with Crippen LogP contribution < -0.4 is 0 Å². The van der Waals surface area contributed by atoms with Gasteiger partial charge in [0, 0.05) is 5.56 Å². The molecular formula is C16H20NO2+. The number of likely N-dealkylation sites (N-methyl/N-ethyl adjacent to an activating group) is 1. The third kappa shape index (κ3) is 2.37. The maximum Gasteiger partial charge on any atom is 0.243 e. The molecule has 1 fully saturated rings. The fourth-order valence-electron chi connectivity index (χ4n) is 2.77. The second kappa shape index (κ2) is 4.30. The average molecular weight is 258 g/mol. The largest absolute Gasteiger partial charge is 0.357 e. The Bertz CT molecular complexity index is 608. The summed E-state index contributed by atoms with van der Waals surface area (Å²) in [5, 5.41) is 13.1. The van der Waals surface area contributed by atoms with Crippen molar-refractivity contribution in [2.75, 3.05) is 33.8 Å². The van der Waals surface area contributed by atoms with Gasteiger partial charge < -0.3 is 14.3 Å². The Labute approximate surface area is 113 Å². The van der Waals surface area contributed by atoms with Crippen molar-refractivity contribution in [2.45, 2.75) is 5.79 Å². The van der Waals surface area contributed by atoms with Crippen molar-refractivity contribution in [1.82, 2.24) is 0 Å². The molecule has 0 bridgehead atoms. The Morgan fingerprint density at radius 3 is 2.58 bits per heavy atom. The van der Waals surface area contributed by atoms with Crippen LogP contribution in [0.4, 0.5) is 0 Å². The third-order valence-corrected chi connectivity index (χ3v) is 3.88. The molecule has 1 N–H and O–H groups in total. The van der Waals surface area contributed by atoms with Gasteiger partial charge >= 0.3 is 0 Å². The molecule has 0 unspecified atom stereocenters. The zero-order valence-corrected chi connectivity index (χ0v) is 11.5. The highest BCUT2D eigenvalue weighted by molar-refractivity contribution is 5.83. The molecule has 0 radical (unpaired) electrons. The molecule has 2 aromatic carbocycles. The van der Waals surface area contributed by atoms with Crippen LogP contribution in [-0.4, -0.2) is 43.4 Å². The predicted octanol–water partition coefficient (Wildman–Crippen LogP) is 2.09. The van der Waals surface area contributed by atoms with Crippen molar-refractivity contribution in [3.63, 3.8) is 0 Å². The van der Waals surface area contributed by atoms with Crippen LogP contribution in [0.15, 0.2) is 42.5 Å². The van der Waals surface area contributed by atoms with E-state index < -0.39 is 5.79 Å². The number of rotatable bonds is 1. The number of hydrogen-bond donors (Lipinski definition) is 1. The van der Waals surface area contributed by atoms with Gasteiger partial charge in [0.05, 0.1) is 20.7 Å². The number of morpholine rings is 1. The molecule has 0 aromatic heterocycles. The molecule has 1 saturated heterocycles. The molecule has 1 atom stereocenters. The maximum atomic E-state index is 10.8. The molecule has 1 heterocycles. The zero-order chi connectivity index (χ0) is 13.5. The van der Waals surface area contributed by atoms with E-state index in [1.165, 1.54) is 5.39 Å². The quantitative estimate of drug-likeness (QED) is 0.794. The van der Waals surface area contributed by atoms with E-state index in [1.807, 2.05) is 30.3 Å². The van der Waals surface area contributed by atoms with Gasteiger partial charge in [0.15, 0.2) is 0 Å². The molecule has 100 valence electrons. The number of aliphatic hydroxyl groups is 1. The van der Waals surface area contributed by atoms with Gasteiger partial charge in [0.1, 0.15) is 13.1 Å². The van der Waals surface area contributed by atoms with E-state index in [2.05, 4.69) is 26.2 Å². The zero-order valence-electron chi connectivity index (χ0n) is 11.5. The molecule has 3 rings (SSSR count). The van der Waals surface area contributed by atoms with E-state index in [4.69, 9.17) is 4.74 Å². The highest BCUT2D eigenvalue weighted by atomic mass is 16.6. The van der Waals surface area contributed by atoms with Gasteiger partial charge in [-0.1, -0.05) is 36.4 Å². The lowest BCUT2D eigenvalue weighted by molar-refractivity contribution is -0.912. The van der Waals surface area contributed by atoms with Crippen molar-refractivity contribution < 1.29 is 14.3 Å². The molecule has 0 aliphatic carbocycles. The maximum absolute atomic E-state index is 10.8. The van der Waals surface area contributed by atoms with Gasteiger partial charge in [-0.15, -0.1) is 0 Å². The predicted molar refractivity (Wildman–Crippen MR) is 75.6 cm³/mol. The Morgan fingerprint density at radius 1 is 1.11 bits per heavy atom. The summed E-state index contributed by atoms with van der Waals surface area (Å²) < 4.78 is 6.44. The van der Waals surface area contributed by atoms with Crippen LogP contribution in [0.2, 0.25) is 0 Å². The molecule has 3 nitrogen and oxygen atoms in total. The lowest BCUT2D eigenvalue weighted by Gasteiger charge is -2.42. The SMILES string of the molecule is C[N+]1(C)CCO[C@](O)(c2ccc3ccccc3c2)C1. The first-order valence-corrected chi connectivity index (χ1v) is 6.66. The first-order chi connectivity index (χ1) is 8.99. The molecule has 0 spiro atoms. The monoisotopic (exact) mass is 258 g/mol. The average Bonchev–Trinajstić information content (AvgIpc) is 2.36. The highest BCUT2D eigenvalue weighted by Gasteiger charge is 2.42. The third-order valence-electron chi connectivity index (χ3n) is 3.88. The number of benzene rings is 2. The Kier molecular flexibility index (Phi) is 2.86. The van der Waals surface area contributed by atoms with Crippen molar-refractivity contribution in [3.8, 4) is 0 Å². The molecule has 1 aliphatic rings. The Morgan fingerprint density at radius 2 is 1.84 bits per heavy atom. The van der Waals surface area contributed by atoms with Crippen molar-refractivity contribution in [3.05, 3.63) is 48.0 Å². The summed E-state index contributed by atoms with van der Waals surface area (Å²) in [7, 11) is 4.24. The van der Waals surface area contributed by atoms with Crippen molar-refractivity contribution >= 4 is 10.8 Å². The fraction of sp³-hybridized carbons (Fsp3) is 0.375. The summed E-state index contributed by atoms with van der Waals surface area (Å²) in [6.45, 7) is 2.08. The topological polar surface area (TPSA) is 29.5 Å². The van der Waals surface area contributed by atoms with E-state index in [0.717, 1.165) is 22.0 Å².